The van der Waals surface area contributed by atoms with Crippen LogP contribution >= 0.6 is 0 Å². The lowest BCUT2D eigenvalue weighted by Crippen LogP contribution is -2.16. The molecule has 0 radical (unpaired) electrons. The normalized spacial score (nSPS) is 12.3. The number of benzene rings is 8. The third-order valence-electron chi connectivity index (χ3n) is 20.0. The SMILES string of the molecule is COc1ccccc1-c1cc(-c2cc(C(C)(C)C)cc(C(C)(C)C)c2)cc(-c2cccc(-c3cc(-c4c(C)cc(C(C)(C)C)cc4C)ccn3)c2)n1.Cc1cc(C(C)(C)C)cc(C)c1-c1ccnc(-c2cccc(-c3cc(-c4cc(C(C)(C)C)cc(C(C)(C)C)c4)cc(-c4ccccc4O)n3)c2)c1. The second kappa shape index (κ2) is 28.7. The van der Waals surface area contributed by atoms with Gasteiger partial charge in [0.2, 0.25) is 0 Å². The van der Waals surface area contributed by atoms with Crippen LogP contribution in [0.3, 0.4) is 0 Å². The standard InChI is InChI=1S/C49H54N2O.C48H52N2O/c1-31-22-38(47(3,4)5)23-32(2)46(31)35-20-21-50-42(27-35)33-16-15-17-34(24-33)43-28-37(29-44(51-43)41-18-13-14-19-45(41)52-12)36-25-39(48(6,7)8)30-40(26-36)49(9,10)11;1-30-21-37(46(3,4)5)22-31(2)45(30)34-19-20-49-41(26-34)32-15-14-16-33(23-32)42-27-36(28-43(50-42)40-17-12-13-18-44(40)51)35-24-38(47(6,7)8)29-39(25-35)48(9,10)11/h13-30H,1-12H3;12-29,51H,1-11H3. The average Bonchev–Trinajstić information content (AvgIpc) is 0.757. The van der Waals surface area contributed by atoms with E-state index in [1.165, 1.54) is 77.9 Å². The summed E-state index contributed by atoms with van der Waals surface area (Å²) >= 11 is 0. The van der Waals surface area contributed by atoms with Gasteiger partial charge in [-0.1, -0.05) is 246 Å². The molecule has 0 aliphatic carbocycles. The van der Waals surface area contributed by atoms with Crippen molar-refractivity contribution >= 4 is 0 Å². The summed E-state index contributed by atoms with van der Waals surface area (Å²) in [5.41, 5.74) is 33.5. The van der Waals surface area contributed by atoms with Crippen LogP contribution in [0.1, 0.15) is 180 Å². The number of nitrogens with zero attached hydrogens (tertiary/aromatic N) is 4. The molecule has 103 heavy (non-hydrogen) atoms. The first-order valence-corrected chi connectivity index (χ1v) is 36.5. The van der Waals surface area contributed by atoms with E-state index in [-0.39, 0.29) is 38.2 Å². The lowest BCUT2D eigenvalue weighted by molar-refractivity contribution is 0.416. The van der Waals surface area contributed by atoms with E-state index in [0.717, 1.165) is 90.0 Å². The molecule has 0 saturated heterocycles. The number of ether oxygens (including phenoxy) is 1. The zero-order valence-corrected chi connectivity index (χ0v) is 65.4. The van der Waals surface area contributed by atoms with Gasteiger partial charge in [-0.2, -0.15) is 0 Å². The van der Waals surface area contributed by atoms with Crippen LogP contribution in [0.4, 0.5) is 0 Å². The van der Waals surface area contributed by atoms with Gasteiger partial charge in [0.1, 0.15) is 11.5 Å². The highest BCUT2D eigenvalue weighted by atomic mass is 16.5. The van der Waals surface area contributed by atoms with Gasteiger partial charge in [-0.3, -0.25) is 9.97 Å². The Morgan fingerprint density at radius 3 is 0.903 bits per heavy atom. The first-order chi connectivity index (χ1) is 48.3. The van der Waals surface area contributed by atoms with E-state index in [2.05, 4.69) is 316 Å². The first-order valence-electron chi connectivity index (χ1n) is 36.5. The van der Waals surface area contributed by atoms with Gasteiger partial charge in [0, 0.05) is 45.8 Å². The van der Waals surface area contributed by atoms with Gasteiger partial charge >= 0.3 is 0 Å². The molecule has 0 bridgehead atoms. The van der Waals surface area contributed by atoms with Gasteiger partial charge in [0.05, 0.1) is 41.3 Å². The molecule has 0 aliphatic rings. The number of aromatic hydroxyl groups is 1. The average molecular weight is 1360 g/mol. The van der Waals surface area contributed by atoms with Crippen molar-refractivity contribution in [1.82, 2.24) is 19.9 Å². The van der Waals surface area contributed by atoms with Crippen LogP contribution in [0, 0.1) is 27.7 Å². The second-order valence-corrected chi connectivity index (χ2v) is 34.6. The molecule has 12 aromatic rings. The van der Waals surface area contributed by atoms with Crippen LogP contribution in [0.5, 0.6) is 11.5 Å². The van der Waals surface area contributed by atoms with Gasteiger partial charge in [-0.25, -0.2) is 9.97 Å². The Hall–Kier alpha value is -10.0. The molecule has 0 aliphatic heterocycles. The second-order valence-electron chi connectivity index (χ2n) is 34.6. The Labute approximate surface area is 615 Å². The monoisotopic (exact) mass is 1360 g/mol. The molecule has 526 valence electrons. The highest BCUT2D eigenvalue weighted by Crippen LogP contribution is 2.43. The number of phenols is 1. The van der Waals surface area contributed by atoms with Crippen molar-refractivity contribution in [2.45, 2.75) is 185 Å². The van der Waals surface area contributed by atoms with Crippen molar-refractivity contribution in [3.8, 4) is 124 Å². The van der Waals surface area contributed by atoms with Gasteiger partial charge in [0.25, 0.3) is 0 Å². The van der Waals surface area contributed by atoms with Gasteiger partial charge < -0.3 is 9.84 Å². The van der Waals surface area contributed by atoms with Crippen LogP contribution in [0.2, 0.25) is 0 Å². The Balaban J connectivity index is 0.000000207. The predicted molar refractivity (Wildman–Crippen MR) is 438 cm³/mol. The molecule has 0 spiro atoms. The van der Waals surface area contributed by atoms with Crippen molar-refractivity contribution in [2.24, 2.45) is 0 Å². The molecule has 4 heterocycles. The molecule has 0 unspecified atom stereocenters. The van der Waals surface area contributed by atoms with E-state index in [0.29, 0.717) is 5.56 Å². The Morgan fingerprint density at radius 1 is 0.262 bits per heavy atom. The summed E-state index contributed by atoms with van der Waals surface area (Å²) in [6.07, 6.45) is 3.85. The Morgan fingerprint density at radius 2 is 0.553 bits per heavy atom. The smallest absolute Gasteiger partial charge is 0.128 e. The van der Waals surface area contributed by atoms with Crippen molar-refractivity contribution < 1.29 is 9.84 Å². The molecule has 1 N–H and O–H groups in total. The number of aromatic nitrogens is 4. The lowest BCUT2D eigenvalue weighted by atomic mass is 9.79. The summed E-state index contributed by atoms with van der Waals surface area (Å²) in [6.45, 7) is 49.8. The maximum absolute atomic E-state index is 10.9. The number of phenolic OH excluding ortho intramolecular Hbond substituents is 1. The van der Waals surface area contributed by atoms with E-state index in [1.54, 1.807) is 13.2 Å². The molecule has 8 aromatic carbocycles. The van der Waals surface area contributed by atoms with E-state index in [1.807, 2.05) is 48.8 Å². The number of pyridine rings is 4. The maximum Gasteiger partial charge on any atom is 0.128 e. The fraction of sp³-hybridized carbons (Fsp3) is 0.299. The Bertz CT molecular complexity index is 5030. The zero-order chi connectivity index (χ0) is 74.5. The van der Waals surface area contributed by atoms with Crippen molar-refractivity contribution in [3.63, 3.8) is 0 Å². The quantitative estimate of drug-likeness (QED) is 0.139. The van der Waals surface area contributed by atoms with Gasteiger partial charge in [-0.05, 0) is 245 Å². The third-order valence-corrected chi connectivity index (χ3v) is 20.0. The molecule has 4 aromatic heterocycles. The minimum absolute atomic E-state index is 0.00106. The van der Waals surface area contributed by atoms with Gasteiger partial charge in [-0.15, -0.1) is 0 Å². The number of hydrogen-bond acceptors (Lipinski definition) is 6. The minimum atomic E-state index is -0.0199. The zero-order valence-electron chi connectivity index (χ0n) is 65.4. The summed E-state index contributed by atoms with van der Waals surface area (Å²) in [7, 11) is 1.72. The van der Waals surface area contributed by atoms with Crippen LogP contribution < -0.4 is 4.74 Å². The number of hydrogen-bond donors (Lipinski definition) is 1. The molecule has 0 fully saturated rings. The third kappa shape index (κ3) is 16.9. The lowest BCUT2D eigenvalue weighted by Gasteiger charge is -2.26. The molecule has 6 heteroatoms. The maximum atomic E-state index is 10.9. The van der Waals surface area contributed by atoms with Crippen molar-refractivity contribution in [2.75, 3.05) is 7.11 Å². The van der Waals surface area contributed by atoms with E-state index in [4.69, 9.17) is 24.7 Å². The molecular formula is C97H106N4O2. The van der Waals surface area contributed by atoms with Gasteiger partial charge in [0.15, 0.2) is 0 Å². The van der Waals surface area contributed by atoms with Crippen LogP contribution in [-0.2, 0) is 32.5 Å². The van der Waals surface area contributed by atoms with Crippen LogP contribution in [-0.4, -0.2) is 32.2 Å². The predicted octanol–water partition coefficient (Wildman–Crippen LogP) is 26.4. The summed E-state index contributed by atoms with van der Waals surface area (Å²) < 4.78 is 5.83. The summed E-state index contributed by atoms with van der Waals surface area (Å²) in [5, 5.41) is 10.9. The number of para-hydroxylation sites is 2. The summed E-state index contributed by atoms with van der Waals surface area (Å²) in [6, 6.07) is 73.5. The minimum Gasteiger partial charge on any atom is -0.507 e. The molecule has 0 atom stereocenters. The van der Waals surface area contributed by atoms with E-state index < -0.39 is 0 Å². The first kappa shape index (κ1) is 74.2. The summed E-state index contributed by atoms with van der Waals surface area (Å²) in [5.74, 6) is 1.01. The largest absolute Gasteiger partial charge is 0.507 e. The number of rotatable bonds is 11. The van der Waals surface area contributed by atoms with Crippen LogP contribution in [0.15, 0.2) is 219 Å². The topological polar surface area (TPSA) is 81.0 Å². The Kier molecular flexibility index (Phi) is 20.6. The molecule has 0 saturated carbocycles. The molecular weight excluding hydrogens is 1250 g/mol. The molecule has 6 nitrogen and oxygen atoms in total. The fourth-order valence-corrected chi connectivity index (χ4v) is 13.7. The molecule has 0 amide bonds. The highest BCUT2D eigenvalue weighted by molar-refractivity contribution is 5.84. The highest BCUT2D eigenvalue weighted by Gasteiger charge is 2.26. The summed E-state index contributed by atoms with van der Waals surface area (Å²) in [4.78, 5) is 20.2. The number of methoxy groups -OCH3 is 1. The van der Waals surface area contributed by atoms with Crippen LogP contribution in [0.25, 0.3) is 112 Å². The van der Waals surface area contributed by atoms with Crippen molar-refractivity contribution in [3.05, 3.63) is 274 Å². The molecule has 12 rings (SSSR count). The number of aryl methyl sites for hydroxylation is 4. The fourth-order valence-electron chi connectivity index (χ4n) is 13.7. The van der Waals surface area contributed by atoms with E-state index in [9.17, 15) is 5.11 Å². The van der Waals surface area contributed by atoms with E-state index >= 15 is 0 Å². The van der Waals surface area contributed by atoms with Crippen molar-refractivity contribution in [1.29, 1.82) is 0 Å².